The van der Waals surface area contributed by atoms with E-state index in [2.05, 4.69) is 10.3 Å². The Kier molecular flexibility index (Phi) is 4.92. The number of fused-ring (bicyclic) bond motifs is 1. The van der Waals surface area contributed by atoms with E-state index in [4.69, 9.17) is 13.9 Å². The van der Waals surface area contributed by atoms with E-state index in [-0.39, 0.29) is 30.3 Å². The lowest BCUT2D eigenvalue weighted by Crippen LogP contribution is -2.32. The van der Waals surface area contributed by atoms with Crippen LogP contribution < -0.4 is 20.3 Å². The zero-order chi connectivity index (χ0) is 18.7. The number of carbonyl (C=O) groups excluding carboxylic acids is 1. The average molecular weight is 357 g/mol. The second-order valence-electron chi connectivity index (χ2n) is 5.57. The first kappa shape index (κ1) is 17.5. The molecule has 0 atom stereocenters. The molecule has 1 N–H and O–H groups in total. The van der Waals surface area contributed by atoms with Gasteiger partial charge in [0.1, 0.15) is 5.82 Å². The van der Waals surface area contributed by atoms with E-state index in [1.165, 1.54) is 25.0 Å². The van der Waals surface area contributed by atoms with Crippen molar-refractivity contribution in [2.45, 2.75) is 13.5 Å². The molecule has 1 aromatic carbocycles. The number of aromatic nitrogens is 2. The molecular formula is C18H19N3O5. The summed E-state index contributed by atoms with van der Waals surface area (Å²) < 4.78 is 17.0. The van der Waals surface area contributed by atoms with Gasteiger partial charge in [0.15, 0.2) is 17.3 Å². The van der Waals surface area contributed by atoms with Gasteiger partial charge in [0.2, 0.25) is 0 Å². The van der Waals surface area contributed by atoms with Gasteiger partial charge in [0, 0.05) is 19.2 Å². The lowest BCUT2D eigenvalue weighted by atomic mass is 10.2. The van der Waals surface area contributed by atoms with E-state index >= 15 is 0 Å². The number of benzene rings is 1. The minimum Gasteiger partial charge on any atom is -0.493 e. The zero-order valence-corrected chi connectivity index (χ0v) is 14.7. The van der Waals surface area contributed by atoms with Crippen molar-refractivity contribution in [1.82, 2.24) is 14.9 Å². The molecule has 8 heteroatoms. The number of methoxy groups -OCH3 is 2. The second-order valence-corrected chi connectivity index (χ2v) is 5.57. The number of hydrogen-bond donors (Lipinski definition) is 1. The van der Waals surface area contributed by atoms with Crippen molar-refractivity contribution in [3.63, 3.8) is 0 Å². The van der Waals surface area contributed by atoms with Crippen molar-refractivity contribution in [1.29, 1.82) is 0 Å². The Balaban J connectivity index is 1.86. The van der Waals surface area contributed by atoms with Gasteiger partial charge >= 0.3 is 0 Å². The number of nitrogens with zero attached hydrogens (tertiary/aromatic N) is 2. The molecule has 8 nitrogen and oxygen atoms in total. The van der Waals surface area contributed by atoms with Crippen LogP contribution in [0.2, 0.25) is 0 Å². The summed E-state index contributed by atoms with van der Waals surface area (Å²) >= 11 is 0. The third kappa shape index (κ3) is 3.26. The van der Waals surface area contributed by atoms with Crippen molar-refractivity contribution < 1.29 is 18.7 Å². The summed E-state index contributed by atoms with van der Waals surface area (Å²) in [7, 11) is 3.04. The quantitative estimate of drug-likeness (QED) is 0.722. The fourth-order valence-corrected chi connectivity index (χ4v) is 2.70. The topological polar surface area (TPSA) is 95.6 Å². The van der Waals surface area contributed by atoms with E-state index < -0.39 is 0 Å². The van der Waals surface area contributed by atoms with Crippen LogP contribution in [0, 0.1) is 6.92 Å². The molecule has 26 heavy (non-hydrogen) atoms. The summed E-state index contributed by atoms with van der Waals surface area (Å²) in [5.74, 6) is 1.40. The van der Waals surface area contributed by atoms with Crippen LogP contribution in [0.4, 0.5) is 0 Å². The molecule has 2 aromatic heterocycles. The minimum atomic E-state index is -0.333. The molecule has 0 radical (unpaired) electrons. The number of amides is 1. The van der Waals surface area contributed by atoms with Gasteiger partial charge in [-0.25, -0.2) is 4.98 Å². The number of ether oxygens (including phenoxy) is 2. The normalized spacial score (nSPS) is 10.7. The molecule has 0 aliphatic heterocycles. The third-order valence-electron chi connectivity index (χ3n) is 4.02. The third-order valence-corrected chi connectivity index (χ3v) is 4.02. The maximum Gasteiger partial charge on any atom is 0.287 e. The lowest BCUT2D eigenvalue weighted by molar-refractivity contribution is 0.0924. The van der Waals surface area contributed by atoms with Crippen LogP contribution in [0.25, 0.3) is 10.9 Å². The average Bonchev–Trinajstić information content (AvgIpc) is 3.18. The number of rotatable bonds is 6. The molecule has 0 aliphatic carbocycles. The van der Waals surface area contributed by atoms with Crippen LogP contribution in [0.3, 0.4) is 0 Å². The molecule has 3 rings (SSSR count). The Morgan fingerprint density at radius 3 is 2.65 bits per heavy atom. The number of hydrogen-bond acceptors (Lipinski definition) is 6. The van der Waals surface area contributed by atoms with Crippen molar-refractivity contribution >= 4 is 16.8 Å². The summed E-state index contributed by atoms with van der Waals surface area (Å²) in [4.78, 5) is 29.2. The minimum absolute atomic E-state index is 0.208. The van der Waals surface area contributed by atoms with Crippen LogP contribution in [0.5, 0.6) is 11.5 Å². The molecule has 2 heterocycles. The van der Waals surface area contributed by atoms with E-state index in [0.29, 0.717) is 28.2 Å². The van der Waals surface area contributed by atoms with Gasteiger partial charge in [-0.1, -0.05) is 0 Å². The highest BCUT2D eigenvalue weighted by atomic mass is 16.5. The Labute approximate surface area is 149 Å². The molecule has 0 unspecified atom stereocenters. The van der Waals surface area contributed by atoms with Gasteiger partial charge in [-0.2, -0.15) is 0 Å². The van der Waals surface area contributed by atoms with E-state index in [1.54, 1.807) is 31.2 Å². The predicted molar refractivity (Wildman–Crippen MR) is 94.9 cm³/mol. The summed E-state index contributed by atoms with van der Waals surface area (Å²) in [6, 6.07) is 6.49. The first-order valence-electron chi connectivity index (χ1n) is 8.00. The number of aryl methyl sites for hydroxylation is 1. The Hall–Kier alpha value is -3.29. The van der Waals surface area contributed by atoms with Crippen LogP contribution >= 0.6 is 0 Å². The molecule has 136 valence electrons. The number of carbonyl (C=O) groups is 1. The molecule has 0 bridgehead atoms. The lowest BCUT2D eigenvalue weighted by Gasteiger charge is -2.13. The Morgan fingerprint density at radius 1 is 1.27 bits per heavy atom. The fraction of sp³-hybridized carbons (Fsp3) is 0.278. The monoisotopic (exact) mass is 357 g/mol. The smallest absolute Gasteiger partial charge is 0.287 e. The molecule has 0 spiro atoms. The van der Waals surface area contributed by atoms with Gasteiger partial charge in [-0.05, 0) is 25.1 Å². The molecule has 0 saturated heterocycles. The number of furan rings is 1. The van der Waals surface area contributed by atoms with Gasteiger partial charge in [-0.3, -0.25) is 14.2 Å². The van der Waals surface area contributed by atoms with Gasteiger partial charge in [0.05, 0.1) is 31.4 Å². The van der Waals surface area contributed by atoms with Gasteiger partial charge in [-0.15, -0.1) is 0 Å². The van der Waals surface area contributed by atoms with Crippen LogP contribution in [-0.4, -0.2) is 36.2 Å². The maximum atomic E-state index is 12.8. The molecule has 0 fully saturated rings. The number of nitrogens with one attached hydrogen (secondary N) is 1. The zero-order valence-electron chi connectivity index (χ0n) is 14.7. The largest absolute Gasteiger partial charge is 0.493 e. The van der Waals surface area contributed by atoms with Gasteiger partial charge < -0.3 is 19.2 Å². The molecule has 3 aromatic rings. The van der Waals surface area contributed by atoms with Crippen LogP contribution in [0.15, 0.2) is 39.7 Å². The van der Waals surface area contributed by atoms with Crippen LogP contribution in [-0.2, 0) is 6.54 Å². The Morgan fingerprint density at radius 2 is 2.00 bits per heavy atom. The van der Waals surface area contributed by atoms with Gasteiger partial charge in [0.25, 0.3) is 11.5 Å². The second kappa shape index (κ2) is 7.30. The maximum absolute atomic E-state index is 12.8. The molecule has 0 aliphatic rings. The highest BCUT2D eigenvalue weighted by Crippen LogP contribution is 2.30. The first-order valence-corrected chi connectivity index (χ1v) is 8.00. The Bertz CT molecular complexity index is 992. The molecule has 0 saturated carbocycles. The predicted octanol–water partition coefficient (Wildman–Crippen LogP) is 1.75. The van der Waals surface area contributed by atoms with Crippen molar-refractivity contribution in [2.24, 2.45) is 0 Å². The highest BCUT2D eigenvalue weighted by Gasteiger charge is 2.14. The van der Waals surface area contributed by atoms with Crippen molar-refractivity contribution in [3.8, 4) is 11.5 Å². The summed E-state index contributed by atoms with van der Waals surface area (Å²) in [5, 5.41) is 3.13. The highest BCUT2D eigenvalue weighted by molar-refractivity contribution is 5.91. The standard InChI is InChI=1S/C18H19N3O5/c1-11-20-13-10-16(25-3)15(24-2)9-12(13)18(23)21(11)7-6-19-17(22)14-5-4-8-26-14/h4-5,8-10H,6-7H2,1-3H3,(H,19,22). The van der Waals surface area contributed by atoms with E-state index in [1.807, 2.05) is 0 Å². The summed E-state index contributed by atoms with van der Waals surface area (Å²) in [6.07, 6.45) is 1.43. The van der Waals surface area contributed by atoms with E-state index in [0.717, 1.165) is 0 Å². The summed E-state index contributed by atoms with van der Waals surface area (Å²) in [5.41, 5.74) is 0.321. The van der Waals surface area contributed by atoms with Crippen molar-refractivity contribution in [3.05, 3.63) is 52.5 Å². The molecular weight excluding hydrogens is 338 g/mol. The fourth-order valence-electron chi connectivity index (χ4n) is 2.70. The first-order chi connectivity index (χ1) is 12.5. The molecule has 1 amide bonds. The van der Waals surface area contributed by atoms with Crippen LogP contribution in [0.1, 0.15) is 16.4 Å². The SMILES string of the molecule is COc1cc2nc(C)n(CCNC(=O)c3ccco3)c(=O)c2cc1OC. The van der Waals surface area contributed by atoms with Crippen molar-refractivity contribution in [2.75, 3.05) is 20.8 Å². The summed E-state index contributed by atoms with van der Waals surface area (Å²) in [6.45, 7) is 2.29. The van der Waals surface area contributed by atoms with E-state index in [9.17, 15) is 9.59 Å².